The normalized spacial score (nSPS) is 12.9. The molecular weight excluding hydrogens is 485 g/mol. The quantitative estimate of drug-likeness (QED) is 0.310. The molecule has 0 aliphatic rings. The summed E-state index contributed by atoms with van der Waals surface area (Å²) in [5.74, 6) is 0.187. The molecule has 0 bridgehead atoms. The Hall–Kier alpha value is -1.61. The number of hydrogen-bond acceptors (Lipinski definition) is 3. The molecule has 2 aromatic rings. The van der Waals surface area contributed by atoms with Crippen molar-refractivity contribution in [3.8, 4) is 0 Å². The van der Waals surface area contributed by atoms with Gasteiger partial charge in [-0.3, -0.25) is 0 Å². The van der Waals surface area contributed by atoms with E-state index in [1.807, 2.05) is 13.0 Å². The average molecular weight is 515 g/mol. The van der Waals surface area contributed by atoms with Crippen molar-refractivity contribution in [1.29, 1.82) is 0 Å². The number of nitrogens with two attached hydrogens (primary N) is 1. The molecule has 0 saturated heterocycles. The zero-order valence-electron chi connectivity index (χ0n) is 16.7. The first kappa shape index (κ1) is 24.4. The minimum atomic E-state index is -3.41. The van der Waals surface area contributed by atoms with Crippen molar-refractivity contribution in [2.75, 3.05) is 11.1 Å². The van der Waals surface area contributed by atoms with Crippen LogP contribution in [0.3, 0.4) is 0 Å². The Kier molecular flexibility index (Phi) is 9.95. The van der Waals surface area contributed by atoms with E-state index in [1.165, 1.54) is 0 Å². The van der Waals surface area contributed by atoms with E-state index in [2.05, 4.69) is 36.3 Å². The van der Waals surface area contributed by atoms with Crippen LogP contribution < -0.4 is 11.1 Å². The van der Waals surface area contributed by atoms with Crippen molar-refractivity contribution in [3.05, 3.63) is 59.7 Å². The first-order chi connectivity index (χ1) is 12.9. The summed E-state index contributed by atoms with van der Waals surface area (Å²) in [6.07, 6.45) is 2.34. The second-order valence-corrected chi connectivity index (χ2v) is 8.49. The maximum atomic E-state index is 12.6. The van der Waals surface area contributed by atoms with Gasteiger partial charge in [0.2, 0.25) is 0 Å². The summed E-state index contributed by atoms with van der Waals surface area (Å²) in [5, 5.41) is 3.20. The molecule has 1 atom stereocenters. The third kappa shape index (κ3) is 6.48. The predicted octanol–water partition coefficient (Wildman–Crippen LogP) is 4.41. The Morgan fingerprint density at radius 2 is 1.57 bits per heavy atom. The Labute approximate surface area is 185 Å². The summed E-state index contributed by atoms with van der Waals surface area (Å²) in [7, 11) is -3.41. The standard InChI is InChI=1S/C21H29N3O2S.HI/c1-4-16-11-10-12-17(5-2)20(16)24-21(22)23-18(6-3)15-27(25,26)19-13-8-7-9-14-19;/h7-14,18H,4-6,15H2,1-3H3,(H3,22,23,24);1H. The van der Waals surface area contributed by atoms with E-state index in [0.717, 1.165) is 29.7 Å². The highest BCUT2D eigenvalue weighted by molar-refractivity contribution is 14.0. The number of benzene rings is 2. The molecule has 2 rings (SSSR count). The van der Waals surface area contributed by atoms with Crippen LogP contribution in [0.2, 0.25) is 0 Å². The predicted molar refractivity (Wildman–Crippen MR) is 128 cm³/mol. The van der Waals surface area contributed by atoms with Gasteiger partial charge >= 0.3 is 0 Å². The lowest BCUT2D eigenvalue weighted by Gasteiger charge is -2.17. The lowest BCUT2D eigenvalue weighted by Crippen LogP contribution is -2.29. The number of halogens is 1. The van der Waals surface area contributed by atoms with E-state index in [1.54, 1.807) is 30.3 Å². The van der Waals surface area contributed by atoms with E-state index in [9.17, 15) is 8.42 Å². The lowest BCUT2D eigenvalue weighted by atomic mass is 10.0. The molecule has 0 aromatic heterocycles. The van der Waals surface area contributed by atoms with Gasteiger partial charge in [-0.05, 0) is 42.5 Å². The van der Waals surface area contributed by atoms with Gasteiger partial charge in [-0.2, -0.15) is 0 Å². The number of anilines is 1. The number of rotatable bonds is 8. The maximum Gasteiger partial charge on any atom is 0.193 e. The number of aryl methyl sites for hydroxylation is 2. The zero-order chi connectivity index (χ0) is 19.9. The molecule has 0 fully saturated rings. The van der Waals surface area contributed by atoms with Crippen LogP contribution in [0.1, 0.15) is 38.3 Å². The second kappa shape index (κ2) is 11.4. The largest absolute Gasteiger partial charge is 0.370 e. The van der Waals surface area contributed by atoms with Crippen LogP contribution in [-0.4, -0.2) is 26.2 Å². The lowest BCUT2D eigenvalue weighted by molar-refractivity contribution is 0.584. The van der Waals surface area contributed by atoms with Gasteiger partial charge in [-0.1, -0.05) is 57.2 Å². The van der Waals surface area contributed by atoms with Crippen LogP contribution in [0.25, 0.3) is 0 Å². The first-order valence-electron chi connectivity index (χ1n) is 9.40. The van der Waals surface area contributed by atoms with Crippen molar-refractivity contribution in [2.24, 2.45) is 10.7 Å². The van der Waals surface area contributed by atoms with Crippen LogP contribution in [-0.2, 0) is 22.7 Å². The van der Waals surface area contributed by atoms with Crippen molar-refractivity contribution in [1.82, 2.24) is 0 Å². The number of nitrogens with zero attached hydrogens (tertiary/aromatic N) is 1. The van der Waals surface area contributed by atoms with Crippen LogP contribution in [0, 0.1) is 0 Å². The van der Waals surface area contributed by atoms with Gasteiger partial charge in [0.1, 0.15) is 0 Å². The monoisotopic (exact) mass is 515 g/mol. The summed E-state index contributed by atoms with van der Waals surface area (Å²) >= 11 is 0. The maximum absolute atomic E-state index is 12.6. The van der Waals surface area contributed by atoms with Crippen molar-refractivity contribution < 1.29 is 8.42 Å². The number of nitrogens with one attached hydrogen (secondary N) is 1. The SMILES string of the molecule is CCc1cccc(CC)c1NC(N)=NC(CC)CS(=O)(=O)c1ccccc1.I. The molecule has 0 amide bonds. The van der Waals surface area contributed by atoms with Crippen molar-refractivity contribution in [3.63, 3.8) is 0 Å². The van der Waals surface area contributed by atoms with Gasteiger partial charge < -0.3 is 11.1 Å². The molecule has 0 heterocycles. The Bertz CT molecular complexity index is 862. The summed E-state index contributed by atoms with van der Waals surface area (Å²) in [6.45, 7) is 6.10. The van der Waals surface area contributed by atoms with Crippen LogP contribution >= 0.6 is 24.0 Å². The molecule has 1 unspecified atom stereocenters. The minimum absolute atomic E-state index is 0. The fraction of sp³-hybridized carbons (Fsp3) is 0.381. The zero-order valence-corrected chi connectivity index (χ0v) is 19.8. The topological polar surface area (TPSA) is 84.5 Å². The fourth-order valence-corrected chi connectivity index (χ4v) is 4.56. The average Bonchev–Trinajstić information content (AvgIpc) is 2.68. The molecule has 7 heteroatoms. The summed E-state index contributed by atoms with van der Waals surface area (Å²) in [6, 6.07) is 14.2. The Morgan fingerprint density at radius 3 is 2.07 bits per heavy atom. The van der Waals surface area contributed by atoms with Gasteiger partial charge in [0.05, 0.1) is 16.7 Å². The third-order valence-corrected chi connectivity index (χ3v) is 6.37. The van der Waals surface area contributed by atoms with Gasteiger partial charge in [0.15, 0.2) is 15.8 Å². The highest BCUT2D eigenvalue weighted by Crippen LogP contribution is 2.22. The Morgan fingerprint density at radius 1 is 1.00 bits per heavy atom. The highest BCUT2D eigenvalue weighted by Gasteiger charge is 2.20. The molecule has 154 valence electrons. The fourth-order valence-electron chi connectivity index (χ4n) is 2.98. The number of hydrogen-bond donors (Lipinski definition) is 2. The number of aliphatic imine (C=N–C) groups is 1. The molecule has 0 aliphatic heterocycles. The second-order valence-electron chi connectivity index (χ2n) is 6.45. The van der Waals surface area contributed by atoms with E-state index >= 15 is 0 Å². The van der Waals surface area contributed by atoms with Gasteiger partial charge in [-0.25, -0.2) is 13.4 Å². The van der Waals surface area contributed by atoms with Crippen LogP contribution in [0.15, 0.2) is 58.4 Å². The third-order valence-electron chi connectivity index (χ3n) is 4.56. The van der Waals surface area contributed by atoms with Gasteiger partial charge in [0.25, 0.3) is 0 Å². The molecule has 2 aromatic carbocycles. The first-order valence-corrected chi connectivity index (χ1v) is 11.0. The van der Waals surface area contributed by atoms with E-state index in [-0.39, 0.29) is 35.7 Å². The molecule has 0 spiro atoms. The number of guanidine groups is 1. The van der Waals surface area contributed by atoms with Crippen molar-refractivity contribution >= 4 is 45.5 Å². The Balaban J connectivity index is 0.00000392. The minimum Gasteiger partial charge on any atom is -0.370 e. The van der Waals surface area contributed by atoms with Gasteiger partial charge in [0, 0.05) is 5.69 Å². The summed E-state index contributed by atoms with van der Waals surface area (Å²) in [4.78, 5) is 4.77. The number of para-hydroxylation sites is 1. The summed E-state index contributed by atoms with van der Waals surface area (Å²) < 4.78 is 25.2. The van der Waals surface area contributed by atoms with Crippen molar-refractivity contribution in [2.45, 2.75) is 51.0 Å². The molecule has 0 saturated carbocycles. The molecule has 3 N–H and O–H groups in total. The van der Waals surface area contributed by atoms with Crippen LogP contribution in [0.5, 0.6) is 0 Å². The molecule has 0 aliphatic carbocycles. The molecule has 5 nitrogen and oxygen atoms in total. The van der Waals surface area contributed by atoms with Gasteiger partial charge in [-0.15, -0.1) is 24.0 Å². The van der Waals surface area contributed by atoms with E-state index in [4.69, 9.17) is 5.73 Å². The van der Waals surface area contributed by atoms with E-state index in [0.29, 0.717) is 11.3 Å². The molecule has 0 radical (unpaired) electrons. The summed E-state index contributed by atoms with van der Waals surface area (Å²) in [5.41, 5.74) is 9.44. The van der Waals surface area contributed by atoms with Crippen LogP contribution in [0.4, 0.5) is 5.69 Å². The smallest absolute Gasteiger partial charge is 0.193 e. The van der Waals surface area contributed by atoms with E-state index < -0.39 is 15.9 Å². The molecule has 28 heavy (non-hydrogen) atoms. The molecular formula is C21H30IN3O2S. The number of sulfone groups is 1. The highest BCUT2D eigenvalue weighted by atomic mass is 127.